The number of ether oxygens (including phenoxy) is 2. The third-order valence-electron chi connectivity index (χ3n) is 5.28. The lowest BCUT2D eigenvalue weighted by molar-refractivity contribution is -0.128. The Morgan fingerprint density at radius 3 is 2.68 bits per heavy atom. The van der Waals surface area contributed by atoms with Gasteiger partial charge in [0, 0.05) is 36.0 Å². The molecule has 0 saturated heterocycles. The number of hydrogen-bond donors (Lipinski definition) is 2. The molecule has 0 spiro atoms. The first-order chi connectivity index (χ1) is 15.0. The van der Waals surface area contributed by atoms with E-state index in [0.29, 0.717) is 37.6 Å². The molecule has 1 amide bonds. The van der Waals surface area contributed by atoms with Crippen molar-refractivity contribution in [2.75, 3.05) is 19.8 Å². The van der Waals surface area contributed by atoms with Gasteiger partial charge < -0.3 is 19.9 Å². The van der Waals surface area contributed by atoms with E-state index in [-0.39, 0.29) is 12.5 Å². The molecule has 0 bridgehead atoms. The molecule has 0 saturated carbocycles. The van der Waals surface area contributed by atoms with Gasteiger partial charge in [-0.3, -0.25) is 4.79 Å². The van der Waals surface area contributed by atoms with Crippen molar-refractivity contribution in [1.29, 1.82) is 0 Å². The molecule has 6 nitrogen and oxygen atoms in total. The monoisotopic (exact) mass is 488 g/mol. The lowest BCUT2D eigenvalue weighted by Gasteiger charge is -2.28. The van der Waals surface area contributed by atoms with Gasteiger partial charge in [-0.1, -0.05) is 41.1 Å². The molecule has 0 aliphatic carbocycles. The molecule has 1 heterocycles. The summed E-state index contributed by atoms with van der Waals surface area (Å²) in [6, 6.07) is 15.3. The number of nitrogens with zero attached hydrogens (tertiary/aromatic N) is 1. The summed E-state index contributed by atoms with van der Waals surface area (Å²) in [5.74, 6) is 1.04. The molecule has 7 heteroatoms. The molecule has 0 radical (unpaired) electrons. The highest BCUT2D eigenvalue weighted by atomic mass is 79.9. The molecule has 1 aliphatic rings. The second kappa shape index (κ2) is 10.8. The van der Waals surface area contributed by atoms with Gasteiger partial charge in [-0.15, -0.1) is 0 Å². The van der Waals surface area contributed by atoms with E-state index in [1.165, 1.54) is 0 Å². The van der Waals surface area contributed by atoms with E-state index < -0.39 is 11.6 Å². The van der Waals surface area contributed by atoms with E-state index in [4.69, 9.17) is 19.6 Å². The van der Waals surface area contributed by atoms with Gasteiger partial charge in [-0.25, -0.2) is 4.99 Å². The second-order valence-electron chi connectivity index (χ2n) is 7.58. The van der Waals surface area contributed by atoms with Crippen molar-refractivity contribution in [1.82, 2.24) is 5.32 Å². The highest BCUT2D eigenvalue weighted by Crippen LogP contribution is 2.34. The number of aliphatic hydroxyl groups is 1. The lowest BCUT2D eigenvalue weighted by atomic mass is 9.86. The molecule has 1 aliphatic heterocycles. The summed E-state index contributed by atoms with van der Waals surface area (Å²) < 4.78 is 12.6. The van der Waals surface area contributed by atoms with E-state index >= 15 is 0 Å². The zero-order valence-electron chi connectivity index (χ0n) is 17.9. The molecule has 0 aromatic heterocycles. The Bertz CT molecular complexity index is 916. The molecular formula is C24H29BrN2O4. The van der Waals surface area contributed by atoms with Crippen LogP contribution in [0.15, 0.2) is 58.0 Å². The molecule has 0 unspecified atom stereocenters. The molecule has 2 atom stereocenters. The Morgan fingerprint density at radius 2 is 2.00 bits per heavy atom. The van der Waals surface area contributed by atoms with Crippen LogP contribution in [0.2, 0.25) is 0 Å². The zero-order chi connectivity index (χ0) is 22.3. The van der Waals surface area contributed by atoms with E-state index in [2.05, 4.69) is 21.2 Å². The molecule has 2 N–H and O–H groups in total. The number of halogens is 1. The SMILES string of the molecule is CCCNC(=O)[C@]1(Cc2ccccc2Br)N=C(c2ccc(OCCCO)cc2)O[C@@H]1C. The largest absolute Gasteiger partial charge is 0.494 e. The predicted octanol–water partition coefficient (Wildman–Crippen LogP) is 3.88. The van der Waals surface area contributed by atoms with E-state index in [1.54, 1.807) is 0 Å². The summed E-state index contributed by atoms with van der Waals surface area (Å²) in [6.45, 7) is 5.06. The summed E-state index contributed by atoms with van der Waals surface area (Å²) in [4.78, 5) is 18.1. The zero-order valence-corrected chi connectivity index (χ0v) is 19.5. The maximum Gasteiger partial charge on any atom is 0.252 e. The van der Waals surface area contributed by atoms with Crippen molar-refractivity contribution in [3.63, 3.8) is 0 Å². The number of carbonyl (C=O) groups excluding carboxylic acids is 1. The number of aliphatic imine (C=N–C) groups is 1. The summed E-state index contributed by atoms with van der Waals surface area (Å²) >= 11 is 3.59. The van der Waals surface area contributed by atoms with Crippen LogP contribution in [-0.4, -0.2) is 48.3 Å². The van der Waals surface area contributed by atoms with Crippen LogP contribution in [0, 0.1) is 0 Å². The summed E-state index contributed by atoms with van der Waals surface area (Å²) in [5.41, 5.74) is 0.742. The fourth-order valence-corrected chi connectivity index (χ4v) is 3.89. The van der Waals surface area contributed by atoms with Gasteiger partial charge in [0.1, 0.15) is 11.9 Å². The smallest absolute Gasteiger partial charge is 0.252 e. The Balaban J connectivity index is 1.89. The number of aliphatic hydroxyl groups excluding tert-OH is 1. The van der Waals surface area contributed by atoms with E-state index in [1.807, 2.05) is 62.4 Å². The van der Waals surface area contributed by atoms with Crippen LogP contribution >= 0.6 is 15.9 Å². The Kier molecular flexibility index (Phi) is 8.09. The minimum Gasteiger partial charge on any atom is -0.494 e. The third-order valence-corrected chi connectivity index (χ3v) is 6.05. The predicted molar refractivity (Wildman–Crippen MR) is 125 cm³/mol. The van der Waals surface area contributed by atoms with Crippen molar-refractivity contribution in [3.8, 4) is 5.75 Å². The van der Waals surface area contributed by atoms with Crippen molar-refractivity contribution in [2.24, 2.45) is 4.99 Å². The Hall–Kier alpha value is -2.38. The van der Waals surface area contributed by atoms with Crippen molar-refractivity contribution >= 4 is 27.7 Å². The van der Waals surface area contributed by atoms with Crippen LogP contribution in [-0.2, 0) is 16.0 Å². The van der Waals surface area contributed by atoms with Crippen molar-refractivity contribution in [2.45, 2.75) is 44.8 Å². The van der Waals surface area contributed by atoms with Gasteiger partial charge >= 0.3 is 0 Å². The quantitative estimate of drug-likeness (QED) is 0.497. The number of nitrogens with one attached hydrogen (secondary N) is 1. The number of carbonyl (C=O) groups is 1. The van der Waals surface area contributed by atoms with Crippen LogP contribution in [0.3, 0.4) is 0 Å². The third kappa shape index (κ3) is 5.46. The lowest BCUT2D eigenvalue weighted by Crippen LogP contribution is -2.52. The highest BCUT2D eigenvalue weighted by molar-refractivity contribution is 9.10. The topological polar surface area (TPSA) is 80.2 Å². The molecule has 31 heavy (non-hydrogen) atoms. The average molecular weight is 489 g/mol. The molecule has 166 valence electrons. The minimum absolute atomic E-state index is 0.0975. The van der Waals surface area contributed by atoms with Gasteiger partial charge in [0.15, 0.2) is 5.54 Å². The van der Waals surface area contributed by atoms with Crippen LogP contribution < -0.4 is 10.1 Å². The first-order valence-electron chi connectivity index (χ1n) is 10.6. The first kappa shape index (κ1) is 23.3. The minimum atomic E-state index is -1.05. The van der Waals surface area contributed by atoms with E-state index in [0.717, 1.165) is 22.0 Å². The Labute approximate surface area is 191 Å². The standard InChI is InChI=1S/C24H29BrN2O4/c1-3-13-26-23(29)24(16-19-7-4-5-8-21(19)25)17(2)31-22(27-24)18-9-11-20(12-10-18)30-15-6-14-28/h4-5,7-12,17,28H,3,6,13-16H2,1-2H3,(H,26,29)/t17-,24-/m1/s1. The fourth-order valence-electron chi connectivity index (χ4n) is 3.47. The molecule has 3 rings (SSSR count). The van der Waals surface area contributed by atoms with Crippen LogP contribution in [0.5, 0.6) is 5.75 Å². The molecule has 2 aromatic carbocycles. The van der Waals surface area contributed by atoms with Gasteiger partial charge in [0.2, 0.25) is 5.90 Å². The summed E-state index contributed by atoms with van der Waals surface area (Å²) in [6.07, 6.45) is 1.43. The fraction of sp³-hybridized carbons (Fsp3) is 0.417. The van der Waals surface area contributed by atoms with Gasteiger partial charge in [0.25, 0.3) is 5.91 Å². The van der Waals surface area contributed by atoms with Gasteiger partial charge in [0.05, 0.1) is 6.61 Å². The van der Waals surface area contributed by atoms with Crippen LogP contribution in [0.4, 0.5) is 0 Å². The highest BCUT2D eigenvalue weighted by Gasteiger charge is 2.50. The van der Waals surface area contributed by atoms with Crippen molar-refractivity contribution in [3.05, 3.63) is 64.1 Å². The summed E-state index contributed by atoms with van der Waals surface area (Å²) in [7, 11) is 0. The first-order valence-corrected chi connectivity index (χ1v) is 11.4. The van der Waals surface area contributed by atoms with Crippen LogP contribution in [0.25, 0.3) is 0 Å². The number of rotatable bonds is 10. The van der Waals surface area contributed by atoms with Crippen LogP contribution in [0.1, 0.15) is 37.8 Å². The molecule has 2 aromatic rings. The maximum absolute atomic E-state index is 13.3. The second-order valence-corrected chi connectivity index (χ2v) is 8.43. The number of hydrogen-bond acceptors (Lipinski definition) is 5. The van der Waals surface area contributed by atoms with Gasteiger partial charge in [-0.05, 0) is 49.2 Å². The van der Waals surface area contributed by atoms with E-state index in [9.17, 15) is 4.79 Å². The Morgan fingerprint density at radius 1 is 1.26 bits per heavy atom. The maximum atomic E-state index is 13.3. The van der Waals surface area contributed by atoms with Crippen molar-refractivity contribution < 1.29 is 19.4 Å². The molecular weight excluding hydrogens is 460 g/mol. The normalized spacial score (nSPS) is 20.1. The molecule has 0 fully saturated rings. The van der Waals surface area contributed by atoms with Gasteiger partial charge in [-0.2, -0.15) is 0 Å². The number of benzene rings is 2. The average Bonchev–Trinajstić information content (AvgIpc) is 3.11. The summed E-state index contributed by atoms with van der Waals surface area (Å²) in [5, 5.41) is 11.9. The number of amides is 1.